The van der Waals surface area contributed by atoms with Crippen LogP contribution in [0.4, 0.5) is 10.8 Å². The number of carbonyl (C=O) groups is 1. The second-order valence-electron chi connectivity index (χ2n) is 6.44. The number of rotatable bonds is 4. The molecule has 3 N–H and O–H groups in total. The highest BCUT2D eigenvalue weighted by Gasteiger charge is 2.23. The van der Waals surface area contributed by atoms with Gasteiger partial charge in [0.1, 0.15) is 0 Å². The summed E-state index contributed by atoms with van der Waals surface area (Å²) in [5, 5.41) is 3.61. The van der Waals surface area contributed by atoms with Crippen molar-refractivity contribution in [2.75, 3.05) is 11.1 Å². The van der Waals surface area contributed by atoms with E-state index in [1.807, 2.05) is 79.7 Å². The summed E-state index contributed by atoms with van der Waals surface area (Å²) in [6, 6.07) is 23.5. The molecule has 1 aromatic heterocycles. The molecule has 0 aliphatic rings. The maximum atomic E-state index is 13.2. The second-order valence-corrected chi connectivity index (χ2v) is 7.50. The van der Waals surface area contributed by atoms with Crippen molar-refractivity contribution < 1.29 is 4.79 Å². The average molecular weight is 373 g/mol. The number of nitrogens with one attached hydrogen (secondary N) is 1. The van der Waals surface area contributed by atoms with Crippen molar-refractivity contribution in [3.8, 4) is 0 Å². The van der Waals surface area contributed by atoms with E-state index in [4.69, 9.17) is 5.73 Å². The molecule has 5 heteroatoms. The molecule has 0 aliphatic heterocycles. The first-order chi connectivity index (χ1) is 13.1. The van der Waals surface area contributed by atoms with Crippen molar-refractivity contribution >= 4 is 38.3 Å². The van der Waals surface area contributed by atoms with E-state index in [1.54, 1.807) is 0 Å². The Morgan fingerprint density at radius 3 is 2.19 bits per heavy atom. The number of benzene rings is 3. The minimum absolute atomic E-state index is 0.0661. The predicted octanol–water partition coefficient (Wildman–Crippen LogP) is 4.96. The molecular formula is C22H19N3OS. The van der Waals surface area contributed by atoms with E-state index in [2.05, 4.69) is 10.3 Å². The van der Waals surface area contributed by atoms with Crippen molar-refractivity contribution in [3.63, 3.8) is 0 Å². The quantitative estimate of drug-likeness (QED) is 0.531. The topological polar surface area (TPSA) is 68.0 Å². The summed E-state index contributed by atoms with van der Waals surface area (Å²) >= 11 is 1.42. The minimum Gasteiger partial charge on any atom is -0.375 e. The van der Waals surface area contributed by atoms with Crippen LogP contribution in [0.3, 0.4) is 0 Å². The Labute approximate surface area is 161 Å². The molecule has 134 valence electrons. The lowest BCUT2D eigenvalue weighted by atomic mass is 9.90. The van der Waals surface area contributed by atoms with Crippen LogP contribution in [-0.4, -0.2) is 10.9 Å². The first-order valence-electron chi connectivity index (χ1n) is 8.69. The molecule has 0 fully saturated rings. The van der Waals surface area contributed by atoms with E-state index >= 15 is 0 Å². The Morgan fingerprint density at radius 2 is 1.59 bits per heavy atom. The fraction of sp³-hybridized carbons (Fsp3) is 0.0909. The maximum absolute atomic E-state index is 13.2. The number of hydrogen-bond acceptors (Lipinski definition) is 4. The normalized spacial score (nSPS) is 11.0. The molecule has 4 nitrogen and oxygen atoms in total. The molecule has 0 spiro atoms. The van der Waals surface area contributed by atoms with Gasteiger partial charge in [0, 0.05) is 5.69 Å². The number of aryl methyl sites for hydroxylation is 1. The van der Waals surface area contributed by atoms with Gasteiger partial charge in [0.25, 0.3) is 0 Å². The SMILES string of the molecule is Cc1cc(NC(=O)C(c2ccccc2)c2ccccc2)cc2sc(N)nc12. The van der Waals surface area contributed by atoms with E-state index in [1.165, 1.54) is 11.3 Å². The average Bonchev–Trinajstić information content (AvgIpc) is 3.04. The lowest BCUT2D eigenvalue weighted by Crippen LogP contribution is -2.22. The number of amides is 1. The van der Waals surface area contributed by atoms with Crippen LogP contribution in [0.25, 0.3) is 10.2 Å². The Kier molecular flexibility index (Phi) is 4.60. The zero-order valence-electron chi connectivity index (χ0n) is 14.8. The molecule has 0 bridgehead atoms. The molecule has 4 aromatic rings. The van der Waals surface area contributed by atoms with Crippen molar-refractivity contribution in [2.24, 2.45) is 0 Å². The van der Waals surface area contributed by atoms with Gasteiger partial charge in [0.2, 0.25) is 5.91 Å². The number of carbonyl (C=O) groups excluding carboxylic acids is 1. The van der Waals surface area contributed by atoms with Crippen molar-refractivity contribution in [2.45, 2.75) is 12.8 Å². The maximum Gasteiger partial charge on any atom is 0.236 e. The molecule has 0 unspecified atom stereocenters. The molecule has 1 heterocycles. The Hall–Kier alpha value is -3.18. The molecule has 0 aliphatic carbocycles. The number of nitrogens with zero attached hydrogens (tertiary/aromatic N) is 1. The van der Waals surface area contributed by atoms with E-state index in [0.29, 0.717) is 5.13 Å². The summed E-state index contributed by atoms with van der Waals surface area (Å²) < 4.78 is 0.971. The molecule has 0 saturated carbocycles. The highest BCUT2D eigenvalue weighted by molar-refractivity contribution is 7.22. The minimum atomic E-state index is -0.380. The van der Waals surface area contributed by atoms with Gasteiger partial charge in [-0.1, -0.05) is 72.0 Å². The first kappa shape index (κ1) is 17.2. The Balaban J connectivity index is 1.70. The van der Waals surface area contributed by atoms with Gasteiger partial charge in [-0.15, -0.1) is 0 Å². The third-order valence-electron chi connectivity index (χ3n) is 4.50. The highest BCUT2D eigenvalue weighted by Crippen LogP contribution is 2.31. The Bertz CT molecular complexity index is 1050. The number of aromatic nitrogens is 1. The summed E-state index contributed by atoms with van der Waals surface area (Å²) in [6.07, 6.45) is 0. The molecule has 3 aromatic carbocycles. The van der Waals surface area contributed by atoms with Crippen molar-refractivity contribution in [1.82, 2.24) is 4.98 Å². The van der Waals surface area contributed by atoms with Crippen LogP contribution >= 0.6 is 11.3 Å². The molecule has 0 atom stereocenters. The fourth-order valence-corrected chi connectivity index (χ4v) is 4.14. The third-order valence-corrected chi connectivity index (χ3v) is 5.33. The largest absolute Gasteiger partial charge is 0.375 e. The smallest absolute Gasteiger partial charge is 0.236 e. The first-order valence-corrected chi connectivity index (χ1v) is 9.51. The second kappa shape index (κ2) is 7.21. The summed E-state index contributed by atoms with van der Waals surface area (Å²) in [7, 11) is 0. The zero-order chi connectivity index (χ0) is 18.8. The third kappa shape index (κ3) is 3.55. The standard InChI is InChI=1S/C22H19N3OS/c1-14-12-17(13-18-20(14)25-22(23)27-18)24-21(26)19(15-8-4-2-5-9-15)16-10-6-3-7-11-16/h2-13,19H,1H3,(H2,23,25)(H,24,26). The number of hydrogen-bond donors (Lipinski definition) is 2. The number of anilines is 2. The van der Waals surface area contributed by atoms with E-state index in [9.17, 15) is 4.79 Å². The lowest BCUT2D eigenvalue weighted by Gasteiger charge is -2.18. The van der Waals surface area contributed by atoms with Crippen LogP contribution in [0.1, 0.15) is 22.6 Å². The molecule has 1 amide bonds. The molecule has 4 rings (SSSR count). The number of fused-ring (bicyclic) bond motifs is 1. The van der Waals surface area contributed by atoms with Gasteiger partial charge in [-0.2, -0.15) is 0 Å². The van der Waals surface area contributed by atoms with Crippen LogP contribution in [0.5, 0.6) is 0 Å². The van der Waals surface area contributed by atoms with Crippen LogP contribution in [-0.2, 0) is 4.79 Å². The zero-order valence-corrected chi connectivity index (χ0v) is 15.7. The van der Waals surface area contributed by atoms with Gasteiger partial charge in [0.15, 0.2) is 5.13 Å². The van der Waals surface area contributed by atoms with E-state index < -0.39 is 0 Å². The Morgan fingerprint density at radius 1 is 1.00 bits per heavy atom. The van der Waals surface area contributed by atoms with Crippen LogP contribution in [0.15, 0.2) is 72.8 Å². The monoisotopic (exact) mass is 373 g/mol. The number of nitrogens with two attached hydrogens (primary N) is 1. The van der Waals surface area contributed by atoms with Crippen molar-refractivity contribution in [1.29, 1.82) is 0 Å². The summed E-state index contributed by atoms with van der Waals surface area (Å²) in [5.74, 6) is -0.446. The number of thiazole rings is 1. The van der Waals surface area contributed by atoms with Gasteiger partial charge in [0.05, 0.1) is 16.1 Å². The van der Waals surface area contributed by atoms with E-state index in [0.717, 1.165) is 32.6 Å². The summed E-state index contributed by atoms with van der Waals surface area (Å²) in [6.45, 7) is 1.98. The molecule has 27 heavy (non-hydrogen) atoms. The molecule has 0 radical (unpaired) electrons. The van der Waals surface area contributed by atoms with Gasteiger partial charge >= 0.3 is 0 Å². The summed E-state index contributed by atoms with van der Waals surface area (Å²) in [4.78, 5) is 17.6. The van der Waals surface area contributed by atoms with Gasteiger partial charge in [-0.05, 0) is 35.7 Å². The van der Waals surface area contributed by atoms with Crippen LogP contribution in [0, 0.1) is 6.92 Å². The van der Waals surface area contributed by atoms with Gasteiger partial charge in [-0.25, -0.2) is 4.98 Å². The lowest BCUT2D eigenvalue weighted by molar-refractivity contribution is -0.116. The predicted molar refractivity (Wildman–Crippen MR) is 112 cm³/mol. The highest BCUT2D eigenvalue weighted by atomic mass is 32.1. The van der Waals surface area contributed by atoms with Crippen LogP contribution in [0.2, 0.25) is 0 Å². The van der Waals surface area contributed by atoms with Crippen LogP contribution < -0.4 is 11.1 Å². The molecular weight excluding hydrogens is 354 g/mol. The molecule has 0 saturated heterocycles. The number of nitrogen functional groups attached to an aromatic ring is 1. The van der Waals surface area contributed by atoms with Gasteiger partial charge < -0.3 is 11.1 Å². The van der Waals surface area contributed by atoms with Crippen molar-refractivity contribution in [3.05, 3.63) is 89.5 Å². The van der Waals surface area contributed by atoms with E-state index in [-0.39, 0.29) is 11.8 Å². The fourth-order valence-electron chi connectivity index (χ4n) is 3.29. The van der Waals surface area contributed by atoms with Gasteiger partial charge in [-0.3, -0.25) is 4.79 Å². The summed E-state index contributed by atoms with van der Waals surface area (Å²) in [5.41, 5.74) is 10.4.